The minimum atomic E-state index is 0.0607. The lowest BCUT2D eigenvalue weighted by molar-refractivity contribution is 0.355. The quantitative estimate of drug-likeness (QED) is 0.871. The first-order valence-corrected chi connectivity index (χ1v) is 7.77. The Bertz CT molecular complexity index is 643. The number of aromatic nitrogens is 1. The molecule has 6 heteroatoms. The molecule has 0 radical (unpaired) electrons. The van der Waals surface area contributed by atoms with Gasteiger partial charge < -0.3 is 14.8 Å². The molecule has 1 N–H and O–H groups in total. The molecule has 114 valence electrons. The van der Waals surface area contributed by atoms with Gasteiger partial charge in [0.15, 0.2) is 11.5 Å². The molecule has 0 saturated carbocycles. The number of benzene rings is 1. The van der Waals surface area contributed by atoms with Crippen molar-refractivity contribution in [3.05, 3.63) is 32.7 Å². The van der Waals surface area contributed by atoms with Crippen molar-refractivity contribution in [3.8, 4) is 11.5 Å². The van der Waals surface area contributed by atoms with Crippen LogP contribution in [0.3, 0.4) is 0 Å². The van der Waals surface area contributed by atoms with Crippen LogP contribution in [0.1, 0.15) is 28.5 Å². The van der Waals surface area contributed by atoms with E-state index < -0.39 is 0 Å². The molecule has 1 atom stereocenters. The SMILES string of the molecule is COc1cc(Cl)c(NC(C)c2nc(C)sc2C)cc1OC. The number of aryl methyl sites for hydroxylation is 2. The molecule has 2 aromatic rings. The molecule has 1 aromatic carbocycles. The summed E-state index contributed by atoms with van der Waals surface area (Å²) >= 11 is 8.00. The maximum absolute atomic E-state index is 6.30. The summed E-state index contributed by atoms with van der Waals surface area (Å²) in [6.07, 6.45) is 0. The molecule has 0 aliphatic heterocycles. The van der Waals surface area contributed by atoms with Crippen LogP contribution in [0, 0.1) is 13.8 Å². The summed E-state index contributed by atoms with van der Waals surface area (Å²) in [5.74, 6) is 1.25. The molecule has 2 rings (SSSR count). The van der Waals surface area contributed by atoms with E-state index in [4.69, 9.17) is 21.1 Å². The first-order valence-electron chi connectivity index (χ1n) is 6.58. The van der Waals surface area contributed by atoms with Crippen molar-refractivity contribution < 1.29 is 9.47 Å². The van der Waals surface area contributed by atoms with E-state index in [1.165, 1.54) is 4.88 Å². The lowest BCUT2D eigenvalue weighted by Crippen LogP contribution is -2.09. The summed E-state index contributed by atoms with van der Waals surface area (Å²) in [5.41, 5.74) is 1.84. The zero-order valence-electron chi connectivity index (χ0n) is 12.8. The number of hydrogen-bond acceptors (Lipinski definition) is 5. The van der Waals surface area contributed by atoms with E-state index in [1.807, 2.05) is 13.0 Å². The maximum Gasteiger partial charge on any atom is 0.162 e. The number of hydrogen-bond donors (Lipinski definition) is 1. The van der Waals surface area contributed by atoms with Gasteiger partial charge in [0.25, 0.3) is 0 Å². The van der Waals surface area contributed by atoms with E-state index in [1.54, 1.807) is 31.6 Å². The van der Waals surface area contributed by atoms with Gasteiger partial charge in [0.2, 0.25) is 0 Å². The van der Waals surface area contributed by atoms with Gasteiger partial charge in [-0.05, 0) is 20.8 Å². The van der Waals surface area contributed by atoms with Crippen LogP contribution in [-0.2, 0) is 0 Å². The maximum atomic E-state index is 6.30. The largest absolute Gasteiger partial charge is 0.493 e. The van der Waals surface area contributed by atoms with Gasteiger partial charge in [-0.25, -0.2) is 4.98 Å². The molecule has 0 fully saturated rings. The number of nitrogens with one attached hydrogen (secondary N) is 1. The minimum Gasteiger partial charge on any atom is -0.493 e. The lowest BCUT2D eigenvalue weighted by Gasteiger charge is -2.17. The highest BCUT2D eigenvalue weighted by atomic mass is 35.5. The fraction of sp³-hybridized carbons (Fsp3) is 0.400. The van der Waals surface area contributed by atoms with Crippen LogP contribution in [0.15, 0.2) is 12.1 Å². The topological polar surface area (TPSA) is 43.4 Å². The molecule has 0 amide bonds. The second-order valence-electron chi connectivity index (χ2n) is 4.73. The third-order valence-corrected chi connectivity index (χ3v) is 4.41. The molecule has 0 saturated heterocycles. The zero-order valence-corrected chi connectivity index (χ0v) is 14.4. The molecule has 0 bridgehead atoms. The Balaban J connectivity index is 2.28. The standard InChI is InChI=1S/C15H19ClN2O2S/c1-8(15-9(2)21-10(3)18-15)17-12-7-14(20-5)13(19-4)6-11(12)16/h6-8,17H,1-5H3. The van der Waals surface area contributed by atoms with Gasteiger partial charge in [-0.15, -0.1) is 11.3 Å². The van der Waals surface area contributed by atoms with Gasteiger partial charge in [-0.1, -0.05) is 11.6 Å². The fourth-order valence-corrected chi connectivity index (χ4v) is 3.34. The second-order valence-corrected chi connectivity index (χ2v) is 6.54. The van der Waals surface area contributed by atoms with Gasteiger partial charge in [-0.3, -0.25) is 0 Å². The van der Waals surface area contributed by atoms with Crippen molar-refractivity contribution in [3.63, 3.8) is 0 Å². The summed E-state index contributed by atoms with van der Waals surface area (Å²) in [6, 6.07) is 3.64. The smallest absolute Gasteiger partial charge is 0.162 e. The highest BCUT2D eigenvalue weighted by Crippen LogP contribution is 2.37. The van der Waals surface area contributed by atoms with Gasteiger partial charge in [0.1, 0.15) is 0 Å². The highest BCUT2D eigenvalue weighted by Gasteiger charge is 2.16. The molecule has 1 unspecified atom stereocenters. The molecule has 4 nitrogen and oxygen atoms in total. The molecule has 0 aliphatic rings. The number of anilines is 1. The monoisotopic (exact) mass is 326 g/mol. The summed E-state index contributed by atoms with van der Waals surface area (Å²) < 4.78 is 10.5. The third-order valence-electron chi connectivity index (χ3n) is 3.19. The minimum absolute atomic E-state index is 0.0607. The molecular weight excluding hydrogens is 308 g/mol. The van der Waals surface area contributed by atoms with E-state index in [9.17, 15) is 0 Å². The van der Waals surface area contributed by atoms with Crippen molar-refractivity contribution in [2.24, 2.45) is 0 Å². The molecule has 1 aromatic heterocycles. The van der Waals surface area contributed by atoms with Gasteiger partial charge in [-0.2, -0.15) is 0 Å². The average Bonchev–Trinajstić information content (AvgIpc) is 2.79. The summed E-state index contributed by atoms with van der Waals surface area (Å²) in [7, 11) is 3.19. The highest BCUT2D eigenvalue weighted by molar-refractivity contribution is 7.11. The summed E-state index contributed by atoms with van der Waals surface area (Å²) in [4.78, 5) is 5.78. The van der Waals surface area contributed by atoms with E-state index in [0.29, 0.717) is 16.5 Å². The number of ether oxygens (including phenoxy) is 2. The number of halogens is 1. The van der Waals surface area contributed by atoms with Crippen molar-refractivity contribution in [2.75, 3.05) is 19.5 Å². The summed E-state index contributed by atoms with van der Waals surface area (Å²) in [5, 5.41) is 5.03. The second kappa shape index (κ2) is 6.54. The van der Waals surface area contributed by atoms with E-state index >= 15 is 0 Å². The molecule has 0 aliphatic carbocycles. The number of rotatable bonds is 5. The van der Waals surface area contributed by atoms with Crippen LogP contribution in [0.4, 0.5) is 5.69 Å². The van der Waals surface area contributed by atoms with Crippen molar-refractivity contribution in [1.82, 2.24) is 4.98 Å². The Labute approximate surface area is 134 Å². The van der Waals surface area contributed by atoms with Gasteiger partial charge >= 0.3 is 0 Å². The Morgan fingerprint density at radius 1 is 1.19 bits per heavy atom. The third kappa shape index (κ3) is 3.41. The van der Waals surface area contributed by atoms with Crippen LogP contribution in [0.2, 0.25) is 5.02 Å². The van der Waals surface area contributed by atoms with Gasteiger partial charge in [0, 0.05) is 17.0 Å². The van der Waals surface area contributed by atoms with Crippen LogP contribution in [0.25, 0.3) is 0 Å². The predicted octanol–water partition coefficient (Wildman–Crippen LogP) is 4.60. The lowest BCUT2D eigenvalue weighted by atomic mass is 10.2. The fourth-order valence-electron chi connectivity index (χ4n) is 2.21. The predicted molar refractivity (Wildman–Crippen MR) is 88.2 cm³/mol. The van der Waals surface area contributed by atoms with Gasteiger partial charge in [0.05, 0.1) is 41.7 Å². The van der Waals surface area contributed by atoms with Crippen LogP contribution in [0.5, 0.6) is 11.5 Å². The van der Waals surface area contributed by atoms with Crippen molar-refractivity contribution >= 4 is 28.6 Å². The number of nitrogens with zero attached hydrogens (tertiary/aromatic N) is 1. The van der Waals surface area contributed by atoms with Crippen LogP contribution in [-0.4, -0.2) is 19.2 Å². The zero-order chi connectivity index (χ0) is 15.6. The Morgan fingerprint density at radius 2 is 1.81 bits per heavy atom. The Kier molecular flexibility index (Phi) is 4.96. The van der Waals surface area contributed by atoms with E-state index in [-0.39, 0.29) is 6.04 Å². The molecule has 1 heterocycles. The average molecular weight is 327 g/mol. The molecule has 0 spiro atoms. The normalized spacial score (nSPS) is 12.1. The summed E-state index contributed by atoms with van der Waals surface area (Å²) in [6.45, 7) is 6.15. The molecular formula is C15H19ClN2O2S. The van der Waals surface area contributed by atoms with E-state index in [0.717, 1.165) is 16.4 Å². The van der Waals surface area contributed by atoms with Crippen LogP contribution < -0.4 is 14.8 Å². The van der Waals surface area contributed by atoms with Crippen molar-refractivity contribution in [2.45, 2.75) is 26.8 Å². The first kappa shape index (κ1) is 15.9. The number of thiazole rings is 1. The van der Waals surface area contributed by atoms with Crippen molar-refractivity contribution in [1.29, 1.82) is 0 Å². The first-order chi connectivity index (χ1) is 9.96. The molecule has 21 heavy (non-hydrogen) atoms. The Hall–Kier alpha value is -1.46. The van der Waals surface area contributed by atoms with E-state index in [2.05, 4.69) is 24.1 Å². The number of methoxy groups -OCH3 is 2. The Morgan fingerprint density at radius 3 is 2.33 bits per heavy atom. The van der Waals surface area contributed by atoms with Crippen LogP contribution >= 0.6 is 22.9 Å².